The predicted octanol–water partition coefficient (Wildman–Crippen LogP) is 3.38. The smallest absolute Gasteiger partial charge is 0.407 e. The number of hydrogen-bond acceptors (Lipinski definition) is 6. The normalized spacial score (nSPS) is 17.9. The molecule has 154 valence electrons. The molecule has 28 heavy (non-hydrogen) atoms. The quantitative estimate of drug-likeness (QED) is 0.814. The maximum absolute atomic E-state index is 11.8. The minimum Gasteiger partial charge on any atom is -0.444 e. The van der Waals surface area contributed by atoms with Crippen LogP contribution in [-0.4, -0.2) is 51.2 Å². The average Bonchev–Trinajstić information content (AvgIpc) is 3.28. The van der Waals surface area contributed by atoms with E-state index in [0.717, 1.165) is 36.5 Å². The number of nitrogens with one attached hydrogen (secondary N) is 1. The number of carbonyl (C=O) groups excluding carboxylic acids is 1. The summed E-state index contributed by atoms with van der Waals surface area (Å²) in [6, 6.07) is 1.86. The molecule has 0 aromatic carbocycles. The Labute approximate surface area is 170 Å². The van der Waals surface area contributed by atoms with E-state index in [9.17, 15) is 4.79 Å². The lowest BCUT2D eigenvalue weighted by atomic mass is 10.1. The van der Waals surface area contributed by atoms with E-state index in [-0.39, 0.29) is 6.09 Å². The topological polar surface area (TPSA) is 85.4 Å². The monoisotopic (exact) mass is 409 g/mol. The second kappa shape index (κ2) is 8.13. The summed E-state index contributed by atoms with van der Waals surface area (Å²) in [4.78, 5) is 14.2. The van der Waals surface area contributed by atoms with Gasteiger partial charge in [0.05, 0.1) is 0 Å². The van der Waals surface area contributed by atoms with Crippen molar-refractivity contribution >= 4 is 17.7 Å². The van der Waals surface area contributed by atoms with Gasteiger partial charge in [-0.05, 0) is 46.6 Å². The van der Waals surface area contributed by atoms with Crippen molar-refractivity contribution in [2.45, 2.75) is 46.3 Å². The third kappa shape index (κ3) is 5.05. The lowest BCUT2D eigenvalue weighted by Gasteiger charge is -2.21. The molecule has 1 saturated heterocycles. The van der Waals surface area contributed by atoms with E-state index >= 15 is 0 Å². The molecule has 0 bridgehead atoms. The van der Waals surface area contributed by atoms with Crippen molar-refractivity contribution in [3.8, 4) is 11.4 Å². The molecule has 3 heterocycles. The van der Waals surface area contributed by atoms with Crippen LogP contribution in [0.5, 0.6) is 0 Å². The minimum atomic E-state index is -0.487. The van der Waals surface area contributed by atoms with Gasteiger partial charge < -0.3 is 14.6 Å². The van der Waals surface area contributed by atoms with Crippen LogP contribution in [0.15, 0.2) is 10.6 Å². The first-order valence-corrected chi connectivity index (χ1v) is 9.84. The first kappa shape index (κ1) is 20.7. The number of amides is 1. The van der Waals surface area contributed by atoms with E-state index in [1.54, 1.807) is 4.68 Å². The summed E-state index contributed by atoms with van der Waals surface area (Å²) in [5.41, 5.74) is 1.90. The van der Waals surface area contributed by atoms with E-state index in [1.807, 2.05) is 40.8 Å². The van der Waals surface area contributed by atoms with Crippen LogP contribution in [0.4, 0.5) is 4.79 Å². The van der Waals surface area contributed by atoms with Crippen molar-refractivity contribution in [2.24, 2.45) is 13.0 Å². The summed E-state index contributed by atoms with van der Waals surface area (Å²) >= 11 is 6.49. The van der Waals surface area contributed by atoms with Crippen molar-refractivity contribution in [3.05, 3.63) is 22.5 Å². The molecule has 1 aliphatic heterocycles. The Bertz CT molecular complexity index is 839. The Morgan fingerprint density at radius 2 is 2.21 bits per heavy atom. The molecule has 0 saturated carbocycles. The number of hydrogen-bond donors (Lipinski definition) is 1. The van der Waals surface area contributed by atoms with Gasteiger partial charge in [-0.15, -0.1) is 0 Å². The molecule has 1 aliphatic rings. The number of nitrogens with zero attached hydrogens (tertiary/aromatic N) is 4. The molecule has 8 nitrogen and oxygen atoms in total. The molecular formula is C19H28ClN5O3. The average molecular weight is 410 g/mol. The fourth-order valence-electron chi connectivity index (χ4n) is 3.36. The Hall–Kier alpha value is -2.06. The molecule has 1 N–H and O–H groups in total. The molecule has 2 aromatic heterocycles. The van der Waals surface area contributed by atoms with Crippen molar-refractivity contribution in [2.75, 3.05) is 19.6 Å². The molecule has 1 amide bonds. The van der Waals surface area contributed by atoms with Crippen LogP contribution in [-0.2, 0) is 18.3 Å². The zero-order valence-corrected chi connectivity index (χ0v) is 17.8. The molecule has 1 fully saturated rings. The highest BCUT2D eigenvalue weighted by Gasteiger charge is 2.27. The zero-order valence-electron chi connectivity index (χ0n) is 17.1. The van der Waals surface area contributed by atoms with Gasteiger partial charge in [0.2, 0.25) is 0 Å². The molecule has 3 rings (SSSR count). The number of aromatic nitrogens is 3. The van der Waals surface area contributed by atoms with Crippen LogP contribution < -0.4 is 5.32 Å². The van der Waals surface area contributed by atoms with Gasteiger partial charge in [-0.25, -0.2) is 4.79 Å². The fourth-order valence-corrected chi connectivity index (χ4v) is 3.55. The van der Waals surface area contributed by atoms with Gasteiger partial charge in [-0.2, -0.15) is 5.10 Å². The summed E-state index contributed by atoms with van der Waals surface area (Å²) in [5, 5.41) is 12.1. The van der Waals surface area contributed by atoms with Crippen LogP contribution in [0.3, 0.4) is 0 Å². The number of carbonyl (C=O) groups is 1. The van der Waals surface area contributed by atoms with Crippen LogP contribution >= 0.6 is 11.6 Å². The maximum atomic E-state index is 11.8. The van der Waals surface area contributed by atoms with Crippen LogP contribution in [0.2, 0.25) is 5.15 Å². The largest absolute Gasteiger partial charge is 0.444 e. The summed E-state index contributed by atoms with van der Waals surface area (Å²) in [7, 11) is 1.82. The third-order valence-electron chi connectivity index (χ3n) is 4.63. The highest BCUT2D eigenvalue weighted by Crippen LogP contribution is 2.30. The molecule has 2 aromatic rings. The van der Waals surface area contributed by atoms with Crippen molar-refractivity contribution in [3.63, 3.8) is 0 Å². The molecule has 0 radical (unpaired) electrons. The van der Waals surface area contributed by atoms with Gasteiger partial charge in [0.1, 0.15) is 27.9 Å². The van der Waals surface area contributed by atoms with E-state index in [4.69, 9.17) is 20.9 Å². The lowest BCUT2D eigenvalue weighted by molar-refractivity contribution is 0.0519. The van der Waals surface area contributed by atoms with Gasteiger partial charge in [0.25, 0.3) is 0 Å². The summed E-state index contributed by atoms with van der Waals surface area (Å²) in [6.07, 6.45) is 0.636. The molecule has 0 spiro atoms. The minimum absolute atomic E-state index is 0.370. The second-order valence-corrected chi connectivity index (χ2v) is 8.70. The van der Waals surface area contributed by atoms with Gasteiger partial charge >= 0.3 is 6.09 Å². The Balaban J connectivity index is 1.59. The number of likely N-dealkylation sites (tertiary alicyclic amines) is 1. The molecular weight excluding hydrogens is 382 g/mol. The highest BCUT2D eigenvalue weighted by molar-refractivity contribution is 6.30. The predicted molar refractivity (Wildman–Crippen MR) is 106 cm³/mol. The molecule has 9 heteroatoms. The van der Waals surface area contributed by atoms with Crippen LogP contribution in [0.1, 0.15) is 38.5 Å². The van der Waals surface area contributed by atoms with Gasteiger partial charge in [0.15, 0.2) is 0 Å². The summed E-state index contributed by atoms with van der Waals surface area (Å²) in [6.45, 7) is 10.5. The van der Waals surface area contributed by atoms with E-state index in [1.165, 1.54) is 0 Å². The van der Waals surface area contributed by atoms with Gasteiger partial charge in [-0.1, -0.05) is 16.8 Å². The number of ether oxygens (including phenoxy) is 1. The number of aryl methyl sites for hydroxylation is 2. The first-order chi connectivity index (χ1) is 13.1. The molecule has 1 atom stereocenters. The number of alkyl carbamates (subject to hydrolysis) is 1. The van der Waals surface area contributed by atoms with Crippen molar-refractivity contribution in [1.29, 1.82) is 0 Å². The first-order valence-electron chi connectivity index (χ1n) is 9.46. The van der Waals surface area contributed by atoms with Crippen LogP contribution in [0, 0.1) is 12.8 Å². The Kier molecular flexibility index (Phi) is 6.00. The van der Waals surface area contributed by atoms with Gasteiger partial charge in [0, 0.05) is 38.3 Å². The maximum Gasteiger partial charge on any atom is 0.407 e. The van der Waals surface area contributed by atoms with E-state index in [0.29, 0.717) is 29.9 Å². The lowest BCUT2D eigenvalue weighted by Crippen LogP contribution is -2.36. The second-order valence-electron chi connectivity index (χ2n) is 8.34. The van der Waals surface area contributed by atoms with Gasteiger partial charge in [-0.3, -0.25) is 9.58 Å². The Morgan fingerprint density at radius 3 is 2.86 bits per heavy atom. The SMILES string of the molecule is Cc1cc(-c2nn(C)c(Cl)c2CN2CCC(CNC(=O)OC(C)(C)C)C2)no1. The number of rotatable bonds is 5. The standard InChI is InChI=1S/C19H28ClN5O3/c1-12-8-15(23-28-12)16-14(17(20)24(5)22-16)11-25-7-6-13(10-25)9-21-18(26)27-19(2,3)4/h8,13H,6-7,9-11H2,1-5H3,(H,21,26). The van der Waals surface area contributed by atoms with Crippen molar-refractivity contribution in [1.82, 2.24) is 25.2 Å². The fraction of sp³-hybridized carbons (Fsp3) is 0.632. The third-order valence-corrected chi connectivity index (χ3v) is 5.10. The Morgan fingerprint density at radius 1 is 1.46 bits per heavy atom. The molecule has 1 unspecified atom stereocenters. The number of halogens is 1. The van der Waals surface area contributed by atoms with Crippen molar-refractivity contribution < 1.29 is 14.1 Å². The summed E-state index contributed by atoms with van der Waals surface area (Å²) in [5.74, 6) is 1.11. The molecule has 0 aliphatic carbocycles. The highest BCUT2D eigenvalue weighted by atomic mass is 35.5. The van der Waals surface area contributed by atoms with E-state index < -0.39 is 5.60 Å². The summed E-state index contributed by atoms with van der Waals surface area (Å²) < 4.78 is 12.1. The zero-order chi connectivity index (χ0) is 20.5. The van der Waals surface area contributed by atoms with E-state index in [2.05, 4.69) is 20.5 Å². The van der Waals surface area contributed by atoms with Crippen LogP contribution in [0.25, 0.3) is 11.4 Å².